The Balaban J connectivity index is 0.00000288. The van der Waals surface area contributed by atoms with Crippen LogP contribution in [0, 0.1) is 5.41 Å². The minimum atomic E-state index is -4.39. The van der Waals surface area contributed by atoms with Crippen molar-refractivity contribution in [3.8, 4) is 0 Å². The van der Waals surface area contributed by atoms with Gasteiger partial charge in [-0.15, -0.1) is 12.4 Å². The van der Waals surface area contributed by atoms with Crippen LogP contribution in [0.1, 0.15) is 19.8 Å². The van der Waals surface area contributed by atoms with Crippen LogP contribution in [-0.4, -0.2) is 33.6 Å². The van der Waals surface area contributed by atoms with Gasteiger partial charge in [-0.05, 0) is 67.4 Å². The maximum absolute atomic E-state index is 12.3. The molecule has 10 heteroatoms. The molecule has 1 aliphatic rings. The van der Waals surface area contributed by atoms with Crippen molar-refractivity contribution in [2.45, 2.75) is 35.1 Å². The third kappa shape index (κ3) is 6.44. The number of thioether (sulfide) groups is 1. The van der Waals surface area contributed by atoms with Crippen LogP contribution in [0.2, 0.25) is 0 Å². The minimum absolute atomic E-state index is 0. The summed E-state index contributed by atoms with van der Waals surface area (Å²) in [5, 5.41) is 3.22. The summed E-state index contributed by atoms with van der Waals surface area (Å²) in [6.45, 7) is 4.04. The van der Waals surface area contributed by atoms with Gasteiger partial charge >= 0.3 is 5.51 Å². The van der Waals surface area contributed by atoms with Crippen LogP contribution < -0.4 is 10.0 Å². The van der Waals surface area contributed by atoms with Crippen LogP contribution in [0.25, 0.3) is 0 Å². The monoisotopic (exact) mass is 404 g/mol. The van der Waals surface area contributed by atoms with E-state index >= 15 is 0 Å². The Kier molecular flexibility index (Phi) is 7.43. The first-order valence-corrected chi connectivity index (χ1v) is 9.46. The van der Waals surface area contributed by atoms with E-state index < -0.39 is 15.5 Å². The zero-order valence-electron chi connectivity index (χ0n) is 13.0. The molecule has 0 amide bonds. The summed E-state index contributed by atoms with van der Waals surface area (Å²) in [5.74, 6) is 0. The van der Waals surface area contributed by atoms with Gasteiger partial charge in [-0.25, -0.2) is 13.1 Å². The van der Waals surface area contributed by atoms with Crippen molar-refractivity contribution < 1.29 is 21.6 Å². The molecule has 0 atom stereocenters. The summed E-state index contributed by atoms with van der Waals surface area (Å²) in [7, 11) is -3.72. The van der Waals surface area contributed by atoms with Gasteiger partial charge in [-0.2, -0.15) is 13.2 Å². The van der Waals surface area contributed by atoms with Crippen molar-refractivity contribution in [2.24, 2.45) is 5.41 Å². The molecule has 0 aliphatic carbocycles. The van der Waals surface area contributed by atoms with Gasteiger partial charge in [0.25, 0.3) is 0 Å². The number of rotatable bonds is 5. The average molecular weight is 405 g/mol. The van der Waals surface area contributed by atoms with E-state index in [1.165, 1.54) is 24.3 Å². The molecule has 0 unspecified atom stereocenters. The molecule has 0 spiro atoms. The molecule has 0 saturated carbocycles. The first kappa shape index (κ1) is 21.6. The highest BCUT2D eigenvalue weighted by molar-refractivity contribution is 8.00. The molecule has 0 bridgehead atoms. The van der Waals surface area contributed by atoms with Crippen molar-refractivity contribution >= 4 is 34.2 Å². The number of hydrogen-bond acceptors (Lipinski definition) is 4. The largest absolute Gasteiger partial charge is 0.446 e. The molecule has 2 N–H and O–H groups in total. The third-order valence-corrected chi connectivity index (χ3v) is 6.02. The van der Waals surface area contributed by atoms with Crippen LogP contribution >= 0.6 is 24.2 Å². The van der Waals surface area contributed by atoms with Crippen molar-refractivity contribution in [1.82, 2.24) is 10.0 Å². The molecular weight excluding hydrogens is 385 g/mol. The fourth-order valence-corrected chi connectivity index (χ4v) is 4.12. The quantitative estimate of drug-likeness (QED) is 0.738. The Morgan fingerprint density at radius 2 is 1.75 bits per heavy atom. The SMILES string of the molecule is CC1(CNS(=O)(=O)c2ccc(SC(F)(F)F)cc2)CCNCC1.Cl. The predicted octanol–water partition coefficient (Wildman–Crippen LogP) is 3.39. The summed E-state index contributed by atoms with van der Waals surface area (Å²) in [5.41, 5.74) is -4.49. The molecule has 2 rings (SSSR count). The van der Waals surface area contributed by atoms with E-state index in [4.69, 9.17) is 0 Å². The molecular formula is C14H20ClF3N2O2S2. The Hall–Kier alpha value is -0.480. The van der Waals surface area contributed by atoms with E-state index in [0.717, 1.165) is 25.9 Å². The first-order valence-electron chi connectivity index (χ1n) is 7.16. The smallest absolute Gasteiger partial charge is 0.317 e. The van der Waals surface area contributed by atoms with Crippen molar-refractivity contribution in [1.29, 1.82) is 0 Å². The highest BCUT2D eigenvalue weighted by Gasteiger charge is 2.30. The summed E-state index contributed by atoms with van der Waals surface area (Å²) in [6.07, 6.45) is 1.74. The van der Waals surface area contributed by atoms with Crippen molar-refractivity contribution in [2.75, 3.05) is 19.6 Å². The number of halogens is 4. The Labute approximate surface area is 150 Å². The minimum Gasteiger partial charge on any atom is -0.317 e. The van der Waals surface area contributed by atoms with Gasteiger partial charge < -0.3 is 5.32 Å². The lowest BCUT2D eigenvalue weighted by atomic mass is 9.81. The fourth-order valence-electron chi connectivity index (χ4n) is 2.38. The van der Waals surface area contributed by atoms with Crippen LogP contribution in [0.15, 0.2) is 34.1 Å². The molecule has 4 nitrogen and oxygen atoms in total. The molecule has 138 valence electrons. The van der Waals surface area contributed by atoms with Gasteiger partial charge in [0, 0.05) is 11.4 Å². The molecule has 1 fully saturated rings. The van der Waals surface area contributed by atoms with Gasteiger partial charge in [0.2, 0.25) is 10.0 Å². The molecule has 1 heterocycles. The molecule has 1 aliphatic heterocycles. The summed E-state index contributed by atoms with van der Waals surface area (Å²) < 4.78 is 63.9. The van der Waals surface area contributed by atoms with Gasteiger partial charge in [-0.1, -0.05) is 6.92 Å². The average Bonchev–Trinajstić information content (AvgIpc) is 2.45. The number of piperidine rings is 1. The second kappa shape index (κ2) is 8.27. The zero-order valence-corrected chi connectivity index (χ0v) is 15.5. The van der Waals surface area contributed by atoms with Crippen LogP contribution in [0.3, 0.4) is 0 Å². The standard InChI is InChI=1S/C14H19F3N2O2S2.ClH/c1-13(6-8-18-9-7-13)10-19-23(20,21)12-4-2-11(3-5-12)22-14(15,16)17;/h2-5,18-19H,6-10H2,1H3;1H. The predicted molar refractivity (Wildman–Crippen MR) is 91.0 cm³/mol. The van der Waals surface area contributed by atoms with Crippen molar-refractivity contribution in [3.05, 3.63) is 24.3 Å². The number of benzene rings is 1. The number of alkyl halides is 3. The number of hydrogen-bond donors (Lipinski definition) is 2. The number of nitrogens with one attached hydrogen (secondary N) is 2. The van der Waals surface area contributed by atoms with E-state index in [0.29, 0.717) is 6.54 Å². The zero-order chi connectivity index (χ0) is 17.1. The lowest BCUT2D eigenvalue weighted by Gasteiger charge is -2.34. The summed E-state index contributed by atoms with van der Waals surface area (Å²) >= 11 is -0.267. The maximum atomic E-state index is 12.3. The van der Waals surface area contributed by atoms with Crippen LogP contribution in [0.5, 0.6) is 0 Å². The van der Waals surface area contributed by atoms with Gasteiger partial charge in [0.1, 0.15) is 0 Å². The molecule has 1 aromatic rings. The number of sulfonamides is 1. The second-order valence-corrected chi connectivity index (χ2v) is 8.81. The molecule has 1 saturated heterocycles. The molecule has 0 aromatic heterocycles. The summed E-state index contributed by atoms with van der Waals surface area (Å²) in [4.78, 5) is -0.0664. The normalized spacial score (nSPS) is 18.0. The van der Waals surface area contributed by atoms with Crippen LogP contribution in [-0.2, 0) is 10.0 Å². The lowest BCUT2D eigenvalue weighted by Crippen LogP contribution is -2.42. The lowest BCUT2D eigenvalue weighted by molar-refractivity contribution is -0.0328. The highest BCUT2D eigenvalue weighted by Crippen LogP contribution is 2.37. The molecule has 1 aromatic carbocycles. The van der Waals surface area contributed by atoms with E-state index in [-0.39, 0.29) is 39.4 Å². The van der Waals surface area contributed by atoms with Gasteiger partial charge in [0.15, 0.2) is 0 Å². The van der Waals surface area contributed by atoms with Gasteiger partial charge in [0.05, 0.1) is 4.90 Å². The Bertz CT molecular complexity index is 630. The summed E-state index contributed by atoms with van der Waals surface area (Å²) in [6, 6.07) is 4.72. The van der Waals surface area contributed by atoms with E-state index in [9.17, 15) is 21.6 Å². The van der Waals surface area contributed by atoms with E-state index in [1.54, 1.807) is 0 Å². The Morgan fingerprint density at radius 3 is 2.25 bits per heavy atom. The topological polar surface area (TPSA) is 58.2 Å². The van der Waals surface area contributed by atoms with E-state index in [2.05, 4.69) is 10.0 Å². The van der Waals surface area contributed by atoms with Gasteiger partial charge in [-0.3, -0.25) is 0 Å². The van der Waals surface area contributed by atoms with Crippen LogP contribution in [0.4, 0.5) is 13.2 Å². The fraction of sp³-hybridized carbons (Fsp3) is 0.571. The Morgan fingerprint density at radius 1 is 1.21 bits per heavy atom. The van der Waals surface area contributed by atoms with E-state index in [1.807, 2.05) is 6.92 Å². The maximum Gasteiger partial charge on any atom is 0.446 e. The highest BCUT2D eigenvalue weighted by atomic mass is 35.5. The molecule has 24 heavy (non-hydrogen) atoms. The van der Waals surface area contributed by atoms with Crippen molar-refractivity contribution in [3.63, 3.8) is 0 Å². The third-order valence-electron chi connectivity index (χ3n) is 3.87. The molecule has 0 radical (unpaired) electrons. The first-order chi connectivity index (χ1) is 10.6. The second-order valence-electron chi connectivity index (χ2n) is 5.90.